The van der Waals surface area contributed by atoms with E-state index in [4.69, 9.17) is 5.73 Å². The van der Waals surface area contributed by atoms with E-state index >= 15 is 0 Å². The van der Waals surface area contributed by atoms with Crippen LogP contribution < -0.4 is 10.5 Å². The molecule has 4 rings (SSSR count). The van der Waals surface area contributed by atoms with Crippen LogP contribution in [0, 0.1) is 0 Å². The van der Waals surface area contributed by atoms with Crippen LogP contribution in [-0.2, 0) is 0 Å². The molecule has 0 heterocycles. The lowest BCUT2D eigenvalue weighted by atomic mass is 9.94. The van der Waals surface area contributed by atoms with Crippen LogP contribution in [-0.4, -0.2) is 0 Å². The number of thiol groups is 1. The normalized spacial score (nSPS) is 11.1. The molecule has 152 valence electrons. The summed E-state index contributed by atoms with van der Waals surface area (Å²) in [6.07, 6.45) is 4.38. The summed E-state index contributed by atoms with van der Waals surface area (Å²) in [4.78, 5) is 0. The highest BCUT2D eigenvalue weighted by atomic mass is 32.1. The van der Waals surface area contributed by atoms with Gasteiger partial charge in [0, 0.05) is 11.4 Å². The van der Waals surface area contributed by atoms with Gasteiger partial charge in [-0.3, -0.25) is 0 Å². The molecule has 0 aliphatic carbocycles. The Hall–Kier alpha value is -3.69. The van der Waals surface area contributed by atoms with E-state index in [9.17, 15) is 0 Å². The summed E-state index contributed by atoms with van der Waals surface area (Å²) in [6, 6.07) is 37.2. The fourth-order valence-corrected chi connectivity index (χ4v) is 3.66. The summed E-state index contributed by atoms with van der Waals surface area (Å²) in [6.45, 7) is 0. The molecule has 0 aliphatic heterocycles. The van der Waals surface area contributed by atoms with Crippen molar-refractivity contribution in [3.05, 3.63) is 144 Å². The van der Waals surface area contributed by atoms with Crippen LogP contribution in [0.25, 0.3) is 11.1 Å². The van der Waals surface area contributed by atoms with E-state index in [0.717, 1.165) is 28.1 Å². The largest absolute Gasteiger partial charge is 0.399 e. The Labute approximate surface area is 189 Å². The van der Waals surface area contributed by atoms with Crippen molar-refractivity contribution in [2.45, 2.75) is 0 Å². The Kier molecular flexibility index (Phi) is 6.56. The second-order valence-corrected chi connectivity index (χ2v) is 7.43. The number of nitrogen functional groups attached to an aromatic ring is 1. The maximum atomic E-state index is 5.93. The van der Waals surface area contributed by atoms with Gasteiger partial charge in [-0.2, -0.15) is 0 Å². The highest BCUT2D eigenvalue weighted by Crippen LogP contribution is 2.29. The van der Waals surface area contributed by atoms with E-state index in [2.05, 4.69) is 102 Å². The van der Waals surface area contributed by atoms with Gasteiger partial charge in [-0.25, -0.2) is 0 Å². The third-order valence-corrected chi connectivity index (χ3v) is 5.39. The molecule has 0 bridgehead atoms. The Bertz CT molecular complexity index is 1140. The summed E-state index contributed by atoms with van der Waals surface area (Å²) in [7, 11) is 0. The molecule has 0 amide bonds. The molecule has 0 atom stereocenters. The van der Waals surface area contributed by atoms with Gasteiger partial charge in [-0.05, 0) is 57.7 Å². The van der Waals surface area contributed by atoms with Gasteiger partial charge in [0.1, 0.15) is 0 Å². The Morgan fingerprint density at radius 2 is 0.935 bits per heavy atom. The van der Waals surface area contributed by atoms with Crippen molar-refractivity contribution < 1.29 is 0 Å². The van der Waals surface area contributed by atoms with Crippen molar-refractivity contribution in [2.75, 3.05) is 10.5 Å². The summed E-state index contributed by atoms with van der Waals surface area (Å²) in [5.74, 6) is 0. The zero-order chi connectivity index (χ0) is 21.5. The SMILES string of the molecule is Nc1ccc(/C(=C\C=C(c2ccccc2)c2ccccc2)c2ccc(NS)cc2)cc1. The number of rotatable bonds is 6. The van der Waals surface area contributed by atoms with Crippen LogP contribution in [0.4, 0.5) is 11.4 Å². The van der Waals surface area contributed by atoms with Crippen LogP contribution >= 0.6 is 12.8 Å². The standard InChI is InChI=1S/C28H24N2S/c29-25-15-11-23(12-16-25)28(24-13-17-26(30-31)18-14-24)20-19-27(21-7-3-1-4-8-21)22-9-5-2-6-10-22/h1-20,30-31H,29H2/b28-20+. The Morgan fingerprint density at radius 3 is 1.35 bits per heavy atom. The molecule has 0 saturated carbocycles. The number of nitrogens with two attached hydrogens (primary N) is 1. The predicted molar refractivity (Wildman–Crippen MR) is 137 cm³/mol. The number of allylic oxidation sites excluding steroid dienone is 2. The van der Waals surface area contributed by atoms with Crippen molar-refractivity contribution in [3.63, 3.8) is 0 Å². The average Bonchev–Trinajstić information content (AvgIpc) is 2.84. The molecule has 3 heteroatoms. The molecule has 2 nitrogen and oxygen atoms in total. The van der Waals surface area contributed by atoms with Gasteiger partial charge >= 0.3 is 0 Å². The third kappa shape index (κ3) is 5.08. The molecule has 4 aromatic carbocycles. The molecule has 0 saturated heterocycles. The van der Waals surface area contributed by atoms with Crippen LogP contribution in [0.1, 0.15) is 22.3 Å². The van der Waals surface area contributed by atoms with Gasteiger partial charge in [0.15, 0.2) is 0 Å². The first-order chi connectivity index (χ1) is 15.2. The van der Waals surface area contributed by atoms with Crippen LogP contribution in [0.15, 0.2) is 121 Å². The monoisotopic (exact) mass is 420 g/mol. The molecule has 0 radical (unpaired) electrons. The first-order valence-electron chi connectivity index (χ1n) is 10.1. The van der Waals surface area contributed by atoms with Crippen molar-refractivity contribution >= 4 is 35.3 Å². The number of nitrogens with one attached hydrogen (secondary N) is 1. The van der Waals surface area contributed by atoms with Gasteiger partial charge < -0.3 is 10.5 Å². The molecule has 0 fully saturated rings. The van der Waals surface area contributed by atoms with Crippen LogP contribution in [0.2, 0.25) is 0 Å². The van der Waals surface area contributed by atoms with Gasteiger partial charge in [0.2, 0.25) is 0 Å². The van der Waals surface area contributed by atoms with Crippen LogP contribution in [0.3, 0.4) is 0 Å². The van der Waals surface area contributed by atoms with Crippen molar-refractivity contribution in [2.24, 2.45) is 0 Å². The maximum Gasteiger partial charge on any atom is 0.0438 e. The predicted octanol–water partition coefficient (Wildman–Crippen LogP) is 7.09. The number of benzene rings is 4. The quantitative estimate of drug-likeness (QED) is 0.177. The molecule has 3 N–H and O–H groups in total. The van der Waals surface area contributed by atoms with E-state index in [-0.39, 0.29) is 0 Å². The highest BCUT2D eigenvalue weighted by molar-refractivity contribution is 7.81. The molecule has 4 aromatic rings. The average molecular weight is 421 g/mol. The fourth-order valence-electron chi connectivity index (χ4n) is 3.51. The summed E-state index contributed by atoms with van der Waals surface area (Å²) >= 11 is 4.14. The summed E-state index contributed by atoms with van der Waals surface area (Å²) in [5.41, 5.74) is 14.5. The van der Waals surface area contributed by atoms with E-state index < -0.39 is 0 Å². The highest BCUT2D eigenvalue weighted by Gasteiger charge is 2.07. The lowest BCUT2D eigenvalue weighted by molar-refractivity contribution is 1.53. The van der Waals surface area contributed by atoms with Gasteiger partial charge in [-0.15, -0.1) is 0 Å². The van der Waals surface area contributed by atoms with E-state index in [0.29, 0.717) is 0 Å². The first-order valence-corrected chi connectivity index (χ1v) is 10.6. The third-order valence-electron chi connectivity index (χ3n) is 5.13. The van der Waals surface area contributed by atoms with Gasteiger partial charge in [0.05, 0.1) is 0 Å². The second kappa shape index (κ2) is 9.88. The lowest BCUT2D eigenvalue weighted by Crippen LogP contribution is -1.92. The minimum absolute atomic E-state index is 0.752. The van der Waals surface area contributed by atoms with Gasteiger partial charge in [0.25, 0.3) is 0 Å². The fraction of sp³-hybridized carbons (Fsp3) is 0. The second-order valence-electron chi connectivity index (χ2n) is 7.20. The molecular weight excluding hydrogens is 396 g/mol. The lowest BCUT2D eigenvalue weighted by Gasteiger charge is -2.11. The molecule has 31 heavy (non-hydrogen) atoms. The molecule has 0 aromatic heterocycles. The van der Waals surface area contributed by atoms with E-state index in [1.807, 2.05) is 36.4 Å². The zero-order valence-corrected chi connectivity index (χ0v) is 18.0. The first kappa shape index (κ1) is 20.6. The number of anilines is 2. The summed E-state index contributed by atoms with van der Waals surface area (Å²) < 4.78 is 2.88. The Balaban J connectivity index is 1.86. The number of hydrogen-bond acceptors (Lipinski definition) is 3. The Morgan fingerprint density at radius 1 is 0.548 bits per heavy atom. The van der Waals surface area contributed by atoms with Crippen LogP contribution in [0.5, 0.6) is 0 Å². The molecular formula is C28H24N2S. The van der Waals surface area contributed by atoms with Gasteiger partial charge in [-0.1, -0.05) is 110 Å². The van der Waals surface area contributed by atoms with Crippen molar-refractivity contribution in [1.82, 2.24) is 0 Å². The molecule has 0 spiro atoms. The smallest absolute Gasteiger partial charge is 0.0438 e. The zero-order valence-electron chi connectivity index (χ0n) is 17.1. The maximum absolute atomic E-state index is 5.93. The summed E-state index contributed by atoms with van der Waals surface area (Å²) in [5, 5.41) is 0. The van der Waals surface area contributed by atoms with Crippen molar-refractivity contribution in [3.8, 4) is 0 Å². The minimum atomic E-state index is 0.752. The minimum Gasteiger partial charge on any atom is -0.399 e. The topological polar surface area (TPSA) is 38.0 Å². The van der Waals surface area contributed by atoms with Crippen molar-refractivity contribution in [1.29, 1.82) is 0 Å². The van der Waals surface area contributed by atoms with E-state index in [1.165, 1.54) is 16.7 Å². The number of hydrogen-bond donors (Lipinski definition) is 3. The molecule has 0 aliphatic rings. The van der Waals surface area contributed by atoms with E-state index in [1.54, 1.807) is 0 Å². The molecule has 0 unspecified atom stereocenters.